The average Bonchev–Trinajstić information content (AvgIpc) is 2.75. The van der Waals surface area contributed by atoms with Gasteiger partial charge in [0.2, 0.25) is 0 Å². The number of hydrogen-bond donors (Lipinski definition) is 0. The standard InChI is InChI=1S/C14H24N2O4/c1-19-11-3-7-15(8-4-12-20-2)9-10-16-13(17)5-6-14(16)18/h5-6H,3-4,7-12H2,1-2H3. The van der Waals surface area contributed by atoms with E-state index in [1.54, 1.807) is 14.2 Å². The highest BCUT2D eigenvalue weighted by molar-refractivity contribution is 6.12. The fraction of sp³-hybridized carbons (Fsp3) is 0.714. The predicted octanol–water partition coefficient (Wildman–Crippen LogP) is 0.286. The maximum Gasteiger partial charge on any atom is 0.253 e. The third-order valence-electron chi connectivity index (χ3n) is 3.19. The van der Waals surface area contributed by atoms with Crippen molar-refractivity contribution >= 4 is 11.8 Å². The number of amides is 2. The molecule has 0 spiro atoms. The van der Waals surface area contributed by atoms with Gasteiger partial charge in [0.15, 0.2) is 0 Å². The van der Waals surface area contributed by atoms with E-state index >= 15 is 0 Å². The van der Waals surface area contributed by atoms with Crippen molar-refractivity contribution in [2.24, 2.45) is 0 Å². The van der Waals surface area contributed by atoms with E-state index in [2.05, 4.69) is 4.90 Å². The molecule has 0 aromatic heterocycles. The van der Waals surface area contributed by atoms with Crippen LogP contribution in [0.2, 0.25) is 0 Å². The molecular formula is C14H24N2O4. The Morgan fingerprint density at radius 3 is 1.90 bits per heavy atom. The summed E-state index contributed by atoms with van der Waals surface area (Å²) in [5.41, 5.74) is 0. The van der Waals surface area contributed by atoms with Crippen molar-refractivity contribution < 1.29 is 19.1 Å². The first-order valence-electron chi connectivity index (χ1n) is 6.92. The third kappa shape index (κ3) is 5.81. The summed E-state index contributed by atoms with van der Waals surface area (Å²) in [4.78, 5) is 26.5. The van der Waals surface area contributed by atoms with Crippen LogP contribution in [0.5, 0.6) is 0 Å². The maximum absolute atomic E-state index is 11.5. The molecule has 1 aliphatic heterocycles. The molecule has 0 unspecified atom stereocenters. The highest BCUT2D eigenvalue weighted by atomic mass is 16.5. The van der Waals surface area contributed by atoms with Crippen molar-refractivity contribution in [2.75, 3.05) is 53.6 Å². The Labute approximate surface area is 120 Å². The van der Waals surface area contributed by atoms with Gasteiger partial charge in [0.25, 0.3) is 11.8 Å². The van der Waals surface area contributed by atoms with Gasteiger partial charge in [-0.25, -0.2) is 0 Å². The molecule has 6 heteroatoms. The molecule has 0 bridgehead atoms. The number of ether oxygens (including phenoxy) is 2. The molecule has 1 rings (SSSR count). The largest absolute Gasteiger partial charge is 0.385 e. The molecule has 0 fully saturated rings. The van der Waals surface area contributed by atoms with Crippen LogP contribution >= 0.6 is 0 Å². The highest BCUT2D eigenvalue weighted by Crippen LogP contribution is 2.04. The van der Waals surface area contributed by atoms with Gasteiger partial charge in [0.1, 0.15) is 0 Å². The highest BCUT2D eigenvalue weighted by Gasteiger charge is 2.23. The van der Waals surface area contributed by atoms with Crippen LogP contribution in [-0.4, -0.2) is 75.2 Å². The van der Waals surface area contributed by atoms with E-state index in [0.717, 1.165) is 25.9 Å². The van der Waals surface area contributed by atoms with Crippen LogP contribution in [0.3, 0.4) is 0 Å². The first kappa shape index (κ1) is 16.8. The molecule has 0 aromatic carbocycles. The summed E-state index contributed by atoms with van der Waals surface area (Å²) in [6, 6.07) is 0. The van der Waals surface area contributed by atoms with Gasteiger partial charge in [-0.1, -0.05) is 0 Å². The predicted molar refractivity (Wildman–Crippen MR) is 75.3 cm³/mol. The summed E-state index contributed by atoms with van der Waals surface area (Å²) in [6.45, 7) is 4.33. The fourth-order valence-corrected chi connectivity index (χ4v) is 2.09. The van der Waals surface area contributed by atoms with Crippen molar-refractivity contribution in [2.45, 2.75) is 12.8 Å². The van der Waals surface area contributed by atoms with E-state index in [0.29, 0.717) is 26.3 Å². The molecule has 0 aliphatic carbocycles. The van der Waals surface area contributed by atoms with Crippen LogP contribution in [0, 0.1) is 0 Å². The Morgan fingerprint density at radius 2 is 1.45 bits per heavy atom. The third-order valence-corrected chi connectivity index (χ3v) is 3.19. The Kier molecular flexibility index (Phi) is 8.10. The maximum atomic E-state index is 11.5. The Balaban J connectivity index is 2.34. The molecule has 0 N–H and O–H groups in total. The number of carbonyl (C=O) groups excluding carboxylic acids is 2. The Bertz CT molecular complexity index is 316. The SMILES string of the molecule is COCCCN(CCCOC)CCN1C(=O)C=CC1=O. The normalized spacial score (nSPS) is 14.8. The summed E-state index contributed by atoms with van der Waals surface area (Å²) in [5, 5.41) is 0. The topological polar surface area (TPSA) is 59.1 Å². The van der Waals surface area contributed by atoms with Gasteiger partial charge in [0, 0.05) is 65.8 Å². The number of rotatable bonds is 11. The minimum atomic E-state index is -0.219. The van der Waals surface area contributed by atoms with E-state index in [-0.39, 0.29) is 11.8 Å². The van der Waals surface area contributed by atoms with Gasteiger partial charge in [-0.15, -0.1) is 0 Å². The van der Waals surface area contributed by atoms with Crippen LogP contribution in [-0.2, 0) is 19.1 Å². The first-order chi connectivity index (χ1) is 9.69. The van der Waals surface area contributed by atoms with Gasteiger partial charge < -0.3 is 14.4 Å². The average molecular weight is 284 g/mol. The summed E-state index contributed by atoms with van der Waals surface area (Å²) < 4.78 is 10.1. The van der Waals surface area contributed by atoms with Crippen molar-refractivity contribution in [3.63, 3.8) is 0 Å². The summed E-state index contributed by atoms with van der Waals surface area (Å²) in [5.74, 6) is -0.438. The molecule has 0 radical (unpaired) electrons. The van der Waals surface area contributed by atoms with Crippen molar-refractivity contribution in [1.29, 1.82) is 0 Å². The lowest BCUT2D eigenvalue weighted by atomic mass is 10.3. The van der Waals surface area contributed by atoms with Crippen LogP contribution in [0.4, 0.5) is 0 Å². The number of hydrogen-bond acceptors (Lipinski definition) is 5. The van der Waals surface area contributed by atoms with Gasteiger partial charge in [-0.3, -0.25) is 14.5 Å². The monoisotopic (exact) mass is 284 g/mol. The second-order valence-corrected chi connectivity index (χ2v) is 4.70. The zero-order valence-corrected chi connectivity index (χ0v) is 12.3. The molecule has 0 saturated heterocycles. The number of imide groups is 1. The molecule has 0 aromatic rings. The van der Waals surface area contributed by atoms with E-state index in [1.807, 2.05) is 0 Å². The fourth-order valence-electron chi connectivity index (χ4n) is 2.09. The zero-order chi connectivity index (χ0) is 14.8. The number of nitrogens with zero attached hydrogens (tertiary/aromatic N) is 2. The van der Waals surface area contributed by atoms with Crippen molar-refractivity contribution in [3.05, 3.63) is 12.2 Å². The number of carbonyl (C=O) groups is 2. The summed E-state index contributed by atoms with van der Waals surface area (Å²) >= 11 is 0. The van der Waals surface area contributed by atoms with E-state index in [1.165, 1.54) is 17.1 Å². The molecule has 6 nitrogen and oxygen atoms in total. The van der Waals surface area contributed by atoms with Gasteiger partial charge in [-0.2, -0.15) is 0 Å². The van der Waals surface area contributed by atoms with E-state index in [9.17, 15) is 9.59 Å². The summed E-state index contributed by atoms with van der Waals surface area (Å²) in [7, 11) is 3.37. The lowest BCUT2D eigenvalue weighted by molar-refractivity contribution is -0.137. The van der Waals surface area contributed by atoms with Crippen LogP contribution < -0.4 is 0 Å². The Morgan fingerprint density at radius 1 is 0.950 bits per heavy atom. The van der Waals surface area contributed by atoms with Crippen molar-refractivity contribution in [1.82, 2.24) is 9.80 Å². The molecule has 1 aliphatic rings. The second-order valence-electron chi connectivity index (χ2n) is 4.70. The smallest absolute Gasteiger partial charge is 0.253 e. The second kappa shape index (κ2) is 9.63. The molecule has 114 valence electrons. The van der Waals surface area contributed by atoms with Crippen LogP contribution in [0.25, 0.3) is 0 Å². The lowest BCUT2D eigenvalue weighted by Gasteiger charge is -2.24. The Hall–Kier alpha value is -1.24. The van der Waals surface area contributed by atoms with Gasteiger partial charge >= 0.3 is 0 Å². The van der Waals surface area contributed by atoms with E-state index < -0.39 is 0 Å². The quantitative estimate of drug-likeness (QED) is 0.403. The molecular weight excluding hydrogens is 260 g/mol. The molecule has 2 amide bonds. The first-order valence-corrected chi connectivity index (χ1v) is 6.92. The minimum absolute atomic E-state index is 0.219. The number of methoxy groups -OCH3 is 2. The molecule has 1 heterocycles. The van der Waals surface area contributed by atoms with Crippen molar-refractivity contribution in [3.8, 4) is 0 Å². The minimum Gasteiger partial charge on any atom is -0.385 e. The van der Waals surface area contributed by atoms with E-state index in [4.69, 9.17) is 9.47 Å². The molecule has 0 saturated carbocycles. The summed E-state index contributed by atoms with van der Waals surface area (Å²) in [6.07, 6.45) is 4.51. The van der Waals surface area contributed by atoms with Gasteiger partial charge in [-0.05, 0) is 12.8 Å². The molecule has 0 atom stereocenters. The lowest BCUT2D eigenvalue weighted by Crippen LogP contribution is -2.39. The van der Waals surface area contributed by atoms with Gasteiger partial charge in [0.05, 0.1) is 0 Å². The molecule has 20 heavy (non-hydrogen) atoms. The van der Waals surface area contributed by atoms with Crippen LogP contribution in [0.1, 0.15) is 12.8 Å². The zero-order valence-electron chi connectivity index (χ0n) is 12.3. The van der Waals surface area contributed by atoms with Crippen LogP contribution in [0.15, 0.2) is 12.2 Å².